The van der Waals surface area contributed by atoms with E-state index in [1.807, 2.05) is 0 Å². The number of benzene rings is 1. The van der Waals surface area contributed by atoms with Gasteiger partial charge in [0.15, 0.2) is 5.82 Å². The van der Waals surface area contributed by atoms with Crippen LogP contribution in [0, 0.1) is 11.8 Å². The van der Waals surface area contributed by atoms with Gasteiger partial charge in [0.2, 0.25) is 11.8 Å². The number of hydrogen-bond donors (Lipinski definition) is 0. The first-order valence-corrected chi connectivity index (χ1v) is 9.77. The van der Waals surface area contributed by atoms with Crippen molar-refractivity contribution in [2.75, 3.05) is 4.90 Å². The van der Waals surface area contributed by atoms with Crippen LogP contribution in [-0.4, -0.2) is 33.8 Å². The summed E-state index contributed by atoms with van der Waals surface area (Å²) >= 11 is 18.5. The highest BCUT2D eigenvalue weighted by Crippen LogP contribution is 2.49. The molecule has 2 aromatic rings. The lowest BCUT2D eigenvalue weighted by molar-refractivity contribution is -0.124. The molecule has 5 rings (SSSR count). The molecule has 4 atom stereocenters. The summed E-state index contributed by atoms with van der Waals surface area (Å²) in [4.78, 5) is 26.9. The molecular formula is C18H14Cl3N3O3. The number of carbonyl (C=O) groups is 2. The lowest BCUT2D eigenvalue weighted by atomic mass is 9.81. The number of nitrogens with zero attached hydrogens (tertiary/aromatic N) is 3. The Balaban J connectivity index is 1.45. The van der Waals surface area contributed by atoms with Crippen LogP contribution in [0.2, 0.25) is 15.1 Å². The molecule has 9 heteroatoms. The summed E-state index contributed by atoms with van der Waals surface area (Å²) in [5.74, 6) is -1.19. The van der Waals surface area contributed by atoms with Gasteiger partial charge in [0.1, 0.15) is 5.02 Å². The molecule has 0 saturated carbocycles. The van der Waals surface area contributed by atoms with Crippen LogP contribution in [0.1, 0.15) is 18.4 Å². The second kappa shape index (κ2) is 6.21. The van der Waals surface area contributed by atoms with Crippen molar-refractivity contribution in [3.63, 3.8) is 0 Å². The van der Waals surface area contributed by atoms with Gasteiger partial charge in [0.25, 0.3) is 0 Å². The van der Waals surface area contributed by atoms with E-state index in [1.54, 1.807) is 29.1 Å². The lowest BCUT2D eigenvalue weighted by Gasteiger charge is -2.15. The fourth-order valence-corrected chi connectivity index (χ4v) is 5.07. The zero-order chi connectivity index (χ0) is 18.9. The Morgan fingerprint density at radius 2 is 1.70 bits per heavy atom. The van der Waals surface area contributed by atoms with Crippen LogP contribution >= 0.6 is 34.8 Å². The molecule has 1 aromatic heterocycles. The zero-order valence-electron chi connectivity index (χ0n) is 13.9. The molecule has 2 bridgehead atoms. The SMILES string of the molecule is O=C1[C@@H]2[C@H](C(=O)N1c1nn(Cc3ccc(Cl)cc3Cl)cc1Cl)[C@H]1CC[C@@H]2O1. The van der Waals surface area contributed by atoms with Crippen molar-refractivity contribution in [1.82, 2.24) is 9.78 Å². The molecule has 27 heavy (non-hydrogen) atoms. The van der Waals surface area contributed by atoms with E-state index in [0.717, 1.165) is 23.3 Å². The number of hydrogen-bond acceptors (Lipinski definition) is 4. The molecule has 3 aliphatic rings. The Hall–Kier alpha value is -1.60. The van der Waals surface area contributed by atoms with E-state index in [1.165, 1.54) is 0 Å². The summed E-state index contributed by atoms with van der Waals surface area (Å²) < 4.78 is 7.31. The van der Waals surface area contributed by atoms with Crippen LogP contribution in [0.25, 0.3) is 0 Å². The number of rotatable bonds is 3. The molecule has 1 aromatic carbocycles. The number of aromatic nitrogens is 2. The Morgan fingerprint density at radius 3 is 2.33 bits per heavy atom. The van der Waals surface area contributed by atoms with Crippen molar-refractivity contribution in [3.05, 3.63) is 45.0 Å². The van der Waals surface area contributed by atoms with Crippen molar-refractivity contribution in [1.29, 1.82) is 0 Å². The molecule has 0 radical (unpaired) electrons. The summed E-state index contributed by atoms with van der Waals surface area (Å²) in [7, 11) is 0. The Labute approximate surface area is 169 Å². The third-order valence-electron chi connectivity index (χ3n) is 5.54. The van der Waals surface area contributed by atoms with Crippen LogP contribution in [-0.2, 0) is 20.9 Å². The highest BCUT2D eigenvalue weighted by Gasteiger charge is 2.63. The first-order chi connectivity index (χ1) is 12.9. The Bertz CT molecular complexity index is 948. The molecule has 140 valence electrons. The quantitative estimate of drug-likeness (QED) is 0.704. The predicted molar refractivity (Wildman–Crippen MR) is 100 cm³/mol. The standard InChI is InChI=1S/C18H14Cl3N3O3/c19-9-2-1-8(10(20)5-9)6-23-7-11(21)16(22-23)24-17(25)14-12-3-4-13(27-12)15(14)18(24)26/h1-2,5,7,12-15H,3-4,6H2/t12-,13+,14-,15+. The Morgan fingerprint density at radius 1 is 1.04 bits per heavy atom. The summed E-state index contributed by atoms with van der Waals surface area (Å²) in [5.41, 5.74) is 0.800. The molecule has 0 spiro atoms. The van der Waals surface area contributed by atoms with E-state index >= 15 is 0 Å². The fraction of sp³-hybridized carbons (Fsp3) is 0.389. The van der Waals surface area contributed by atoms with Crippen LogP contribution < -0.4 is 4.90 Å². The van der Waals surface area contributed by atoms with Gasteiger partial charge in [-0.1, -0.05) is 40.9 Å². The number of imide groups is 1. The van der Waals surface area contributed by atoms with Gasteiger partial charge in [-0.2, -0.15) is 5.10 Å². The van der Waals surface area contributed by atoms with Crippen molar-refractivity contribution in [3.8, 4) is 0 Å². The van der Waals surface area contributed by atoms with E-state index in [9.17, 15) is 9.59 Å². The average molecular weight is 427 g/mol. The largest absolute Gasteiger partial charge is 0.373 e. The van der Waals surface area contributed by atoms with Crippen molar-refractivity contribution in [2.45, 2.75) is 31.6 Å². The molecule has 0 N–H and O–H groups in total. The lowest BCUT2D eigenvalue weighted by Crippen LogP contribution is -2.34. The molecule has 6 nitrogen and oxygen atoms in total. The average Bonchev–Trinajstić information content (AvgIpc) is 3.36. The molecule has 3 saturated heterocycles. The summed E-state index contributed by atoms with van der Waals surface area (Å²) in [6.45, 7) is 0.340. The molecule has 2 amide bonds. The van der Waals surface area contributed by atoms with E-state index in [-0.39, 0.29) is 34.9 Å². The van der Waals surface area contributed by atoms with Crippen molar-refractivity contribution in [2.24, 2.45) is 11.8 Å². The van der Waals surface area contributed by atoms with Crippen LogP contribution in [0.15, 0.2) is 24.4 Å². The van der Waals surface area contributed by atoms with Crippen LogP contribution in [0.5, 0.6) is 0 Å². The van der Waals surface area contributed by atoms with Gasteiger partial charge in [-0.15, -0.1) is 0 Å². The monoisotopic (exact) mass is 425 g/mol. The van der Waals surface area contributed by atoms with E-state index in [2.05, 4.69) is 5.10 Å². The molecule has 4 heterocycles. The van der Waals surface area contributed by atoms with Gasteiger partial charge in [-0.05, 0) is 30.5 Å². The molecule has 3 aliphatic heterocycles. The molecule has 0 unspecified atom stereocenters. The maximum absolute atomic E-state index is 12.9. The van der Waals surface area contributed by atoms with Gasteiger partial charge in [-0.3, -0.25) is 14.3 Å². The number of halogens is 3. The summed E-state index contributed by atoms with van der Waals surface area (Å²) in [5, 5.41) is 5.68. The highest BCUT2D eigenvalue weighted by atomic mass is 35.5. The minimum atomic E-state index is -0.414. The van der Waals surface area contributed by atoms with Crippen LogP contribution in [0.3, 0.4) is 0 Å². The first kappa shape index (κ1) is 17.5. The minimum Gasteiger partial charge on any atom is -0.373 e. The predicted octanol–water partition coefficient (Wildman–Crippen LogP) is 3.56. The number of ether oxygens (including phenoxy) is 1. The van der Waals surface area contributed by atoms with Gasteiger partial charge in [0, 0.05) is 16.2 Å². The fourth-order valence-electron chi connectivity index (χ4n) is 4.36. The smallest absolute Gasteiger partial charge is 0.241 e. The van der Waals surface area contributed by atoms with E-state index in [0.29, 0.717) is 16.6 Å². The maximum atomic E-state index is 12.9. The van der Waals surface area contributed by atoms with Gasteiger partial charge < -0.3 is 4.74 Å². The number of carbonyl (C=O) groups excluding carboxylic acids is 2. The Kier molecular flexibility index (Phi) is 4.02. The number of fused-ring (bicyclic) bond motifs is 5. The third kappa shape index (κ3) is 2.62. The van der Waals surface area contributed by atoms with Crippen molar-refractivity contribution >= 4 is 52.4 Å². The normalized spacial score (nSPS) is 29.1. The van der Waals surface area contributed by atoms with Gasteiger partial charge in [-0.25, -0.2) is 4.90 Å². The molecular weight excluding hydrogens is 413 g/mol. The first-order valence-electron chi connectivity index (χ1n) is 8.64. The summed E-state index contributed by atoms with van der Waals surface area (Å²) in [6, 6.07) is 5.18. The highest BCUT2D eigenvalue weighted by molar-refractivity contribution is 6.36. The maximum Gasteiger partial charge on any atom is 0.241 e. The topological polar surface area (TPSA) is 64.4 Å². The number of amides is 2. The van der Waals surface area contributed by atoms with Crippen LogP contribution in [0.4, 0.5) is 5.82 Å². The second-order valence-electron chi connectivity index (χ2n) is 7.09. The van der Waals surface area contributed by atoms with E-state index in [4.69, 9.17) is 39.5 Å². The minimum absolute atomic E-state index is 0.171. The van der Waals surface area contributed by atoms with E-state index < -0.39 is 11.8 Å². The second-order valence-corrected chi connectivity index (χ2v) is 8.34. The summed E-state index contributed by atoms with van der Waals surface area (Å²) in [6.07, 6.45) is 2.87. The van der Waals surface area contributed by atoms with Gasteiger partial charge in [0.05, 0.1) is 30.6 Å². The van der Waals surface area contributed by atoms with Gasteiger partial charge >= 0.3 is 0 Å². The number of anilines is 1. The molecule has 0 aliphatic carbocycles. The van der Waals surface area contributed by atoms with Crippen molar-refractivity contribution < 1.29 is 14.3 Å². The zero-order valence-corrected chi connectivity index (χ0v) is 16.2. The third-order valence-corrected chi connectivity index (χ3v) is 6.40. The molecule has 3 fully saturated rings.